The maximum Gasteiger partial charge on any atom is 0.352 e. The number of carbonyl (C=O) groups is 2. The van der Waals surface area contributed by atoms with E-state index in [-0.39, 0.29) is 10.6 Å². The van der Waals surface area contributed by atoms with Gasteiger partial charge in [-0.15, -0.1) is 0 Å². The highest BCUT2D eigenvalue weighted by atomic mass is 32.2. The van der Waals surface area contributed by atoms with E-state index in [1.165, 1.54) is 0 Å². The summed E-state index contributed by atoms with van der Waals surface area (Å²) in [4.78, 5) is 21.4. The number of benzene rings is 2. The van der Waals surface area contributed by atoms with Gasteiger partial charge >= 0.3 is 5.97 Å². The lowest BCUT2D eigenvalue weighted by molar-refractivity contribution is -0.130. The van der Waals surface area contributed by atoms with Gasteiger partial charge in [-0.3, -0.25) is 23.0 Å². The summed E-state index contributed by atoms with van der Waals surface area (Å²) in [6.45, 7) is 0. The number of anilines is 1. The molecule has 1 amide bonds. The van der Waals surface area contributed by atoms with Crippen LogP contribution in [0, 0.1) is 5.92 Å². The number of hydrogen-bond donors (Lipinski definition) is 6. The van der Waals surface area contributed by atoms with Gasteiger partial charge in [-0.05, 0) is 42.8 Å². The third-order valence-corrected chi connectivity index (χ3v) is 9.67. The molecule has 0 saturated carbocycles. The summed E-state index contributed by atoms with van der Waals surface area (Å²) in [7, 11) is -20.0. The maximum atomic E-state index is 13.2. The molecule has 2 heterocycles. The number of hydrogen-bond acceptors (Lipinski definition) is 13. The molecular weight excluding hydrogens is 705 g/mol. The normalized spacial score (nSPS) is 16.3. The van der Waals surface area contributed by atoms with Crippen LogP contribution in [0.4, 0.5) is 5.69 Å². The molecule has 4 rings (SSSR count). The number of carboxylic acid groups (broad SMARTS) is 1. The zero-order valence-corrected chi connectivity index (χ0v) is 25.4. The van der Waals surface area contributed by atoms with Gasteiger partial charge in [0.25, 0.3) is 46.4 Å². The predicted octanol–water partition coefficient (Wildman–Crippen LogP) is 0.0716. The van der Waals surface area contributed by atoms with Crippen LogP contribution in [0.3, 0.4) is 0 Å². The average molecular weight is 723 g/mol. The van der Waals surface area contributed by atoms with E-state index in [2.05, 4.69) is 10.2 Å². The zero-order chi connectivity index (χ0) is 34.6. The van der Waals surface area contributed by atoms with Gasteiger partial charge in [0.2, 0.25) is 5.88 Å². The number of carbonyl (C=O) groups excluding carboxylic acids is 1. The van der Waals surface area contributed by atoms with Gasteiger partial charge in [-0.2, -0.15) is 53.6 Å². The van der Waals surface area contributed by atoms with Gasteiger partial charge in [-0.25, -0.2) is 4.79 Å². The van der Waals surface area contributed by atoms with Gasteiger partial charge in [0.15, 0.2) is 5.71 Å². The van der Waals surface area contributed by atoms with Gasteiger partial charge in [0, 0.05) is 0 Å². The van der Waals surface area contributed by atoms with Crippen molar-refractivity contribution in [3.05, 3.63) is 54.2 Å². The molecule has 20 nitrogen and oxygen atoms in total. The summed E-state index contributed by atoms with van der Waals surface area (Å²) in [6.07, 6.45) is 2.53. The second kappa shape index (κ2) is 11.7. The lowest BCUT2D eigenvalue weighted by Crippen LogP contribution is -2.30. The van der Waals surface area contributed by atoms with Crippen LogP contribution < -0.4 is 5.01 Å². The van der Waals surface area contributed by atoms with Crippen LogP contribution in [0.2, 0.25) is 0 Å². The Balaban J connectivity index is 1.71. The summed E-state index contributed by atoms with van der Waals surface area (Å²) in [6, 6.07) is 3.44. The standard InChI is InChI=1S/C22H18N4O16S4/c27-20-11(10-23-25(20)15-8-12(43(31,32)33)4-6-17(15)45(37,38)39)2-1-3-14-19(22(29)30)24-26(21(14)28)16-9-13(44(34,35)36)5-7-18(16)46(40,41)42/h1-2,4-10,14,27H,3H2,(H,29,30)(H,31,32,33)(H,34,35,36)(H,37,38,39)(H,40,41,42). The lowest BCUT2D eigenvalue weighted by atomic mass is 9.98. The van der Waals surface area contributed by atoms with Crippen molar-refractivity contribution >= 4 is 69.8 Å². The van der Waals surface area contributed by atoms with Crippen molar-refractivity contribution in [1.82, 2.24) is 9.78 Å². The van der Waals surface area contributed by atoms with Crippen molar-refractivity contribution in [2.24, 2.45) is 11.0 Å². The van der Waals surface area contributed by atoms with E-state index in [1.807, 2.05) is 0 Å². The first kappa shape index (κ1) is 34.3. The van der Waals surface area contributed by atoms with E-state index in [1.54, 1.807) is 0 Å². The molecule has 0 aliphatic carbocycles. The quantitative estimate of drug-likeness (QED) is 0.151. The SMILES string of the molecule is O=C(O)C1=NN(c2cc(S(=O)(=O)O)ccc2S(=O)(=O)O)C(=O)C1CC=Cc1cnn(-c2cc(S(=O)(=O)O)ccc2S(=O)(=O)O)c1O. The highest BCUT2D eigenvalue weighted by Gasteiger charge is 2.41. The largest absolute Gasteiger partial charge is 0.493 e. The predicted molar refractivity (Wildman–Crippen MR) is 151 cm³/mol. The summed E-state index contributed by atoms with van der Waals surface area (Å²) in [5.74, 6) is -5.52. The molecule has 0 bridgehead atoms. The van der Waals surface area contributed by atoms with Crippen molar-refractivity contribution in [1.29, 1.82) is 0 Å². The van der Waals surface area contributed by atoms with E-state index in [9.17, 15) is 71.7 Å². The van der Waals surface area contributed by atoms with Gasteiger partial charge in [0.1, 0.15) is 9.79 Å². The number of amides is 1. The molecule has 6 N–H and O–H groups in total. The number of rotatable bonds is 10. The van der Waals surface area contributed by atoms with E-state index < -0.39 is 107 Å². The molecule has 0 fully saturated rings. The van der Waals surface area contributed by atoms with Crippen molar-refractivity contribution in [3.8, 4) is 11.6 Å². The van der Waals surface area contributed by atoms with Crippen molar-refractivity contribution in [3.63, 3.8) is 0 Å². The Bertz CT molecular complexity index is 2310. The first-order valence-corrected chi connectivity index (χ1v) is 17.6. The van der Waals surface area contributed by atoms with E-state index >= 15 is 0 Å². The van der Waals surface area contributed by atoms with E-state index in [0.717, 1.165) is 18.3 Å². The molecule has 0 saturated heterocycles. The number of nitrogens with zero attached hydrogens (tertiary/aromatic N) is 4. The van der Waals surface area contributed by atoms with Crippen molar-refractivity contribution in [2.45, 2.75) is 26.0 Å². The van der Waals surface area contributed by atoms with Crippen LogP contribution in [-0.4, -0.2) is 89.5 Å². The summed E-state index contributed by atoms with van der Waals surface area (Å²) >= 11 is 0. The number of aliphatic carboxylic acids is 1. The fourth-order valence-corrected chi connectivity index (χ4v) is 6.43. The third kappa shape index (κ3) is 6.82. The minimum absolute atomic E-state index is 0.203. The Labute approximate surface area is 258 Å². The lowest BCUT2D eigenvalue weighted by Gasteiger charge is -2.17. The Morgan fingerprint density at radius 2 is 1.30 bits per heavy atom. The second-order valence-corrected chi connectivity index (χ2v) is 14.7. The molecule has 1 aliphatic rings. The van der Waals surface area contributed by atoms with Crippen molar-refractivity contribution < 1.29 is 71.7 Å². The number of aromatic nitrogens is 2. The molecule has 1 aliphatic heterocycles. The first-order chi connectivity index (χ1) is 21.0. The number of carboxylic acids is 1. The summed E-state index contributed by atoms with van der Waals surface area (Å²) < 4.78 is 132. The van der Waals surface area contributed by atoms with Gasteiger partial charge in [0.05, 0.1) is 38.8 Å². The number of aromatic hydroxyl groups is 1. The Kier molecular flexibility index (Phi) is 8.70. The first-order valence-electron chi connectivity index (χ1n) is 11.8. The molecule has 1 aromatic heterocycles. The molecular formula is C22H18N4O16S4. The third-order valence-electron chi connectivity index (χ3n) is 6.17. The molecule has 2 aromatic carbocycles. The van der Waals surface area contributed by atoms with Crippen LogP contribution >= 0.6 is 0 Å². The molecule has 24 heteroatoms. The van der Waals surface area contributed by atoms with Crippen LogP contribution in [0.1, 0.15) is 12.0 Å². The Hall–Kier alpha value is -4.56. The van der Waals surface area contributed by atoms with Gasteiger partial charge < -0.3 is 10.2 Å². The molecule has 1 unspecified atom stereocenters. The van der Waals surface area contributed by atoms with Crippen LogP contribution in [-0.2, 0) is 50.1 Å². The number of allylic oxidation sites excluding steroid dienone is 1. The highest BCUT2D eigenvalue weighted by molar-refractivity contribution is 7.87. The molecule has 3 aromatic rings. The molecule has 246 valence electrons. The zero-order valence-electron chi connectivity index (χ0n) is 22.2. The topological polar surface area (TPSA) is 326 Å². The van der Waals surface area contributed by atoms with E-state index in [0.29, 0.717) is 41.1 Å². The molecule has 0 spiro atoms. The molecule has 1 atom stereocenters. The molecule has 46 heavy (non-hydrogen) atoms. The minimum Gasteiger partial charge on any atom is -0.493 e. The fourth-order valence-electron chi connectivity index (χ4n) is 4.13. The van der Waals surface area contributed by atoms with Crippen LogP contribution in [0.25, 0.3) is 11.8 Å². The fraction of sp³-hybridized carbons (Fsp3) is 0.0909. The van der Waals surface area contributed by atoms with Crippen LogP contribution in [0.5, 0.6) is 5.88 Å². The summed E-state index contributed by atoms with van der Waals surface area (Å²) in [5.41, 5.74) is -2.72. The number of hydrazone groups is 1. The monoisotopic (exact) mass is 722 g/mol. The second-order valence-electron chi connectivity index (χ2n) is 9.13. The Morgan fingerprint density at radius 1 is 0.804 bits per heavy atom. The van der Waals surface area contributed by atoms with Crippen LogP contribution in [0.15, 0.2) is 73.4 Å². The summed E-state index contributed by atoms with van der Waals surface area (Å²) in [5, 5.41) is 27.8. The smallest absolute Gasteiger partial charge is 0.352 e. The average Bonchev–Trinajstić information content (AvgIpc) is 3.45. The highest BCUT2D eigenvalue weighted by Crippen LogP contribution is 2.34. The Morgan fingerprint density at radius 3 is 1.78 bits per heavy atom. The van der Waals surface area contributed by atoms with Gasteiger partial charge in [-0.1, -0.05) is 12.2 Å². The maximum absolute atomic E-state index is 13.2. The molecule has 0 radical (unpaired) electrons. The minimum atomic E-state index is -5.15. The van der Waals surface area contributed by atoms with Crippen molar-refractivity contribution in [2.75, 3.05) is 5.01 Å². The van der Waals surface area contributed by atoms with E-state index in [4.69, 9.17) is 0 Å².